The van der Waals surface area contributed by atoms with Crippen molar-refractivity contribution >= 4 is 0 Å². The number of hydrogen-bond acceptors (Lipinski definition) is 6. The summed E-state index contributed by atoms with van der Waals surface area (Å²) >= 11 is 0. The van der Waals surface area contributed by atoms with Crippen LogP contribution in [0.2, 0.25) is 0 Å². The van der Waals surface area contributed by atoms with Crippen molar-refractivity contribution < 1.29 is 14.0 Å². The molecule has 112 valence electrons. The van der Waals surface area contributed by atoms with E-state index in [2.05, 4.69) is 22.4 Å². The molecule has 1 aromatic heterocycles. The van der Waals surface area contributed by atoms with E-state index in [9.17, 15) is 0 Å². The molecule has 0 bridgehead atoms. The van der Waals surface area contributed by atoms with Gasteiger partial charge in [-0.15, -0.1) is 0 Å². The zero-order chi connectivity index (χ0) is 14.0. The molecule has 2 saturated heterocycles. The maximum atomic E-state index is 5.76. The molecule has 2 aliphatic rings. The zero-order valence-corrected chi connectivity index (χ0v) is 12.2. The van der Waals surface area contributed by atoms with Gasteiger partial charge in [0, 0.05) is 12.6 Å². The fourth-order valence-electron chi connectivity index (χ4n) is 2.88. The fourth-order valence-corrected chi connectivity index (χ4v) is 2.88. The van der Waals surface area contributed by atoms with Crippen LogP contribution in [0.5, 0.6) is 0 Å². The van der Waals surface area contributed by atoms with E-state index in [4.69, 9.17) is 14.0 Å². The van der Waals surface area contributed by atoms with Crippen LogP contribution in [-0.2, 0) is 15.1 Å². The third kappa shape index (κ3) is 2.60. The smallest absolute Gasteiger partial charge is 0.233 e. The van der Waals surface area contributed by atoms with Crippen LogP contribution in [0.1, 0.15) is 50.7 Å². The maximum absolute atomic E-state index is 5.76. The average molecular weight is 281 g/mol. The Bertz CT molecular complexity index is 443. The van der Waals surface area contributed by atoms with Gasteiger partial charge >= 0.3 is 0 Å². The highest BCUT2D eigenvalue weighted by molar-refractivity contribution is 5.07. The summed E-state index contributed by atoms with van der Waals surface area (Å²) in [6, 6.07) is 0.264. The minimum absolute atomic E-state index is 0.146. The van der Waals surface area contributed by atoms with Crippen molar-refractivity contribution in [1.29, 1.82) is 0 Å². The number of ether oxygens (including phenoxy) is 2. The number of aromatic nitrogens is 2. The van der Waals surface area contributed by atoms with Crippen molar-refractivity contribution in [1.82, 2.24) is 15.5 Å². The van der Waals surface area contributed by atoms with Crippen molar-refractivity contribution in [3.63, 3.8) is 0 Å². The third-order valence-corrected chi connectivity index (χ3v) is 4.19. The monoisotopic (exact) mass is 281 g/mol. The Hall–Kier alpha value is -0.980. The van der Waals surface area contributed by atoms with Gasteiger partial charge in [-0.2, -0.15) is 4.98 Å². The second-order valence-electron chi connectivity index (χ2n) is 5.84. The van der Waals surface area contributed by atoms with Crippen molar-refractivity contribution in [3.8, 4) is 0 Å². The third-order valence-electron chi connectivity index (χ3n) is 4.19. The fraction of sp³-hybridized carbons (Fsp3) is 0.857. The van der Waals surface area contributed by atoms with Crippen molar-refractivity contribution in [2.75, 3.05) is 26.4 Å². The minimum atomic E-state index is -0.381. The summed E-state index contributed by atoms with van der Waals surface area (Å²) in [6.07, 6.45) is 3.10. The number of nitrogens with zero attached hydrogens (tertiary/aromatic N) is 2. The van der Waals surface area contributed by atoms with E-state index in [1.807, 2.05) is 6.92 Å². The van der Waals surface area contributed by atoms with E-state index in [0.29, 0.717) is 24.9 Å². The van der Waals surface area contributed by atoms with Crippen molar-refractivity contribution in [2.24, 2.45) is 0 Å². The Kier molecular flexibility index (Phi) is 4.05. The van der Waals surface area contributed by atoms with Crippen LogP contribution < -0.4 is 5.32 Å². The topological polar surface area (TPSA) is 69.4 Å². The molecule has 1 N–H and O–H groups in total. The normalized spacial score (nSPS) is 33.9. The van der Waals surface area contributed by atoms with Crippen LogP contribution in [0.3, 0.4) is 0 Å². The molecule has 0 spiro atoms. The van der Waals surface area contributed by atoms with Crippen LogP contribution in [0.25, 0.3) is 0 Å². The minimum Gasteiger partial charge on any atom is -0.379 e. The Balaban J connectivity index is 1.72. The largest absolute Gasteiger partial charge is 0.379 e. The molecule has 3 rings (SSSR count). The van der Waals surface area contributed by atoms with E-state index in [1.165, 1.54) is 0 Å². The molecule has 3 atom stereocenters. The quantitative estimate of drug-likeness (QED) is 0.883. The van der Waals surface area contributed by atoms with Gasteiger partial charge in [0.1, 0.15) is 5.60 Å². The van der Waals surface area contributed by atoms with Gasteiger partial charge in [0.15, 0.2) is 0 Å². The standard InChI is InChI=1S/C14H23N3O3/c1-3-6-15-11-9-18-8-10(11)12-16-13(17-20-12)14(2)5-4-7-19-14/h10-11,15H,3-9H2,1-2H3. The summed E-state index contributed by atoms with van der Waals surface area (Å²) in [5, 5.41) is 7.62. The molecule has 3 unspecified atom stereocenters. The van der Waals surface area contributed by atoms with E-state index < -0.39 is 0 Å². The molecule has 0 aliphatic carbocycles. The molecule has 6 heteroatoms. The number of hydrogen-bond donors (Lipinski definition) is 1. The molecule has 3 heterocycles. The Morgan fingerprint density at radius 3 is 3.05 bits per heavy atom. The summed E-state index contributed by atoms with van der Waals surface area (Å²) in [6.45, 7) is 7.28. The van der Waals surface area contributed by atoms with Crippen LogP contribution in [0.15, 0.2) is 4.52 Å². The first-order valence-corrected chi connectivity index (χ1v) is 7.52. The van der Waals surface area contributed by atoms with E-state index >= 15 is 0 Å². The predicted octanol–water partition coefficient (Wildman–Crippen LogP) is 1.58. The van der Waals surface area contributed by atoms with Gasteiger partial charge in [0.25, 0.3) is 0 Å². The summed E-state index contributed by atoms with van der Waals surface area (Å²) in [4.78, 5) is 4.58. The average Bonchev–Trinajstić information content (AvgIpc) is 3.16. The van der Waals surface area contributed by atoms with Gasteiger partial charge in [-0.1, -0.05) is 12.1 Å². The highest BCUT2D eigenvalue weighted by Crippen LogP contribution is 2.35. The molecule has 6 nitrogen and oxygen atoms in total. The molecule has 0 amide bonds. The van der Waals surface area contributed by atoms with Gasteiger partial charge in [0.2, 0.25) is 11.7 Å². The highest BCUT2D eigenvalue weighted by atomic mass is 16.5. The van der Waals surface area contributed by atoms with E-state index in [1.54, 1.807) is 0 Å². The summed E-state index contributed by atoms with van der Waals surface area (Å²) in [5.41, 5.74) is -0.381. The SMILES string of the molecule is CCCNC1COCC1c1nc(C2(C)CCCO2)no1. The van der Waals surface area contributed by atoms with Crippen LogP contribution >= 0.6 is 0 Å². The van der Waals surface area contributed by atoms with Crippen LogP contribution in [0.4, 0.5) is 0 Å². The Morgan fingerprint density at radius 2 is 2.30 bits per heavy atom. The second kappa shape index (κ2) is 5.79. The van der Waals surface area contributed by atoms with E-state index in [0.717, 1.165) is 32.4 Å². The Labute approximate surface area is 119 Å². The van der Waals surface area contributed by atoms with Gasteiger partial charge < -0.3 is 19.3 Å². The molecule has 0 radical (unpaired) electrons. The lowest BCUT2D eigenvalue weighted by Crippen LogP contribution is -2.35. The number of rotatable bonds is 5. The first kappa shape index (κ1) is 14.0. The van der Waals surface area contributed by atoms with Crippen molar-refractivity contribution in [3.05, 3.63) is 11.7 Å². The first-order chi connectivity index (χ1) is 9.73. The summed E-state index contributed by atoms with van der Waals surface area (Å²) in [5.74, 6) is 1.49. The summed E-state index contributed by atoms with van der Waals surface area (Å²) in [7, 11) is 0. The predicted molar refractivity (Wildman–Crippen MR) is 72.5 cm³/mol. The molecule has 0 aromatic carbocycles. The Morgan fingerprint density at radius 1 is 1.40 bits per heavy atom. The van der Waals surface area contributed by atoms with Crippen molar-refractivity contribution in [2.45, 2.75) is 50.7 Å². The van der Waals surface area contributed by atoms with E-state index in [-0.39, 0.29) is 17.6 Å². The lowest BCUT2D eigenvalue weighted by atomic mass is 10.0. The van der Waals surface area contributed by atoms with Gasteiger partial charge in [-0.25, -0.2) is 0 Å². The molecule has 2 aliphatic heterocycles. The lowest BCUT2D eigenvalue weighted by Gasteiger charge is -2.18. The molecular formula is C14H23N3O3. The molecule has 20 heavy (non-hydrogen) atoms. The van der Waals surface area contributed by atoms with Gasteiger partial charge in [-0.3, -0.25) is 0 Å². The first-order valence-electron chi connectivity index (χ1n) is 7.52. The molecule has 0 saturated carbocycles. The zero-order valence-electron chi connectivity index (χ0n) is 12.2. The van der Waals surface area contributed by atoms with Crippen LogP contribution in [0, 0.1) is 0 Å². The lowest BCUT2D eigenvalue weighted by molar-refractivity contribution is 0.00768. The maximum Gasteiger partial charge on any atom is 0.233 e. The van der Waals surface area contributed by atoms with Gasteiger partial charge in [0.05, 0.1) is 19.1 Å². The molecular weight excluding hydrogens is 258 g/mol. The molecule has 1 aromatic rings. The number of nitrogens with one attached hydrogen (secondary N) is 1. The highest BCUT2D eigenvalue weighted by Gasteiger charge is 2.39. The molecule has 2 fully saturated rings. The van der Waals surface area contributed by atoms with Crippen LogP contribution in [-0.4, -0.2) is 42.5 Å². The second-order valence-corrected chi connectivity index (χ2v) is 5.84. The van der Waals surface area contributed by atoms with Gasteiger partial charge in [-0.05, 0) is 32.7 Å². The summed E-state index contributed by atoms with van der Waals surface area (Å²) < 4.78 is 16.8.